The molecular weight excluding hydrogens is 236 g/mol. The average Bonchev–Trinajstić information content (AvgIpc) is 2.38. The van der Waals surface area contributed by atoms with Crippen molar-refractivity contribution in [1.82, 2.24) is 9.97 Å². The Bertz CT molecular complexity index is 386. The SMILES string of the molecule is COCCN(CCC(=O)OC)c1cc(N)ncn1. The molecule has 2 N–H and O–H groups in total. The van der Waals surface area contributed by atoms with Crippen LogP contribution >= 0.6 is 0 Å². The molecular formula is C11H18N4O3. The van der Waals surface area contributed by atoms with Crippen LogP contribution in [-0.2, 0) is 14.3 Å². The largest absolute Gasteiger partial charge is 0.469 e. The van der Waals surface area contributed by atoms with Crippen molar-refractivity contribution < 1.29 is 14.3 Å². The Hall–Kier alpha value is -1.89. The molecule has 0 spiro atoms. The van der Waals surface area contributed by atoms with E-state index in [0.29, 0.717) is 31.3 Å². The summed E-state index contributed by atoms with van der Waals surface area (Å²) in [6.45, 7) is 1.64. The highest BCUT2D eigenvalue weighted by Crippen LogP contribution is 2.12. The van der Waals surface area contributed by atoms with E-state index < -0.39 is 0 Å². The van der Waals surface area contributed by atoms with Gasteiger partial charge in [-0.1, -0.05) is 0 Å². The minimum absolute atomic E-state index is 0.264. The fourth-order valence-corrected chi connectivity index (χ4v) is 1.41. The molecule has 0 unspecified atom stereocenters. The molecule has 0 fully saturated rings. The number of hydrogen-bond donors (Lipinski definition) is 1. The Kier molecular flexibility index (Phi) is 5.86. The lowest BCUT2D eigenvalue weighted by Crippen LogP contribution is -2.30. The van der Waals surface area contributed by atoms with Crippen LogP contribution in [0.5, 0.6) is 0 Å². The molecule has 100 valence electrons. The maximum Gasteiger partial charge on any atom is 0.307 e. The number of aromatic nitrogens is 2. The lowest BCUT2D eigenvalue weighted by Gasteiger charge is -2.22. The summed E-state index contributed by atoms with van der Waals surface area (Å²) < 4.78 is 9.64. The number of nitrogen functional groups attached to an aromatic ring is 1. The zero-order valence-corrected chi connectivity index (χ0v) is 10.6. The van der Waals surface area contributed by atoms with Crippen molar-refractivity contribution in [2.24, 2.45) is 0 Å². The van der Waals surface area contributed by atoms with Crippen molar-refractivity contribution in [3.05, 3.63) is 12.4 Å². The Morgan fingerprint density at radius 2 is 2.17 bits per heavy atom. The van der Waals surface area contributed by atoms with E-state index in [9.17, 15) is 4.79 Å². The number of anilines is 2. The smallest absolute Gasteiger partial charge is 0.307 e. The number of methoxy groups -OCH3 is 2. The van der Waals surface area contributed by atoms with Gasteiger partial charge in [0.1, 0.15) is 18.0 Å². The first-order valence-corrected chi connectivity index (χ1v) is 5.55. The molecule has 0 aliphatic heterocycles. The normalized spacial score (nSPS) is 10.1. The number of rotatable bonds is 7. The van der Waals surface area contributed by atoms with Gasteiger partial charge in [0, 0.05) is 26.3 Å². The van der Waals surface area contributed by atoms with Crippen LogP contribution in [0, 0.1) is 0 Å². The fraction of sp³-hybridized carbons (Fsp3) is 0.545. The van der Waals surface area contributed by atoms with Crippen molar-refractivity contribution in [2.45, 2.75) is 6.42 Å². The standard InChI is InChI=1S/C11H18N4O3/c1-17-6-5-15(4-3-11(16)18-2)10-7-9(12)13-8-14-10/h7-8H,3-6H2,1-2H3,(H2,12,13,14). The molecule has 0 saturated carbocycles. The first-order chi connectivity index (χ1) is 8.67. The van der Waals surface area contributed by atoms with Crippen molar-refractivity contribution in [3.8, 4) is 0 Å². The van der Waals surface area contributed by atoms with Crippen LogP contribution < -0.4 is 10.6 Å². The van der Waals surface area contributed by atoms with Crippen LogP contribution in [-0.4, -0.2) is 49.9 Å². The molecule has 1 heterocycles. The van der Waals surface area contributed by atoms with Gasteiger partial charge in [0.25, 0.3) is 0 Å². The van der Waals surface area contributed by atoms with Gasteiger partial charge in [0.05, 0.1) is 20.1 Å². The molecule has 0 aromatic carbocycles. The predicted molar refractivity (Wildman–Crippen MR) is 67.2 cm³/mol. The zero-order valence-electron chi connectivity index (χ0n) is 10.6. The van der Waals surface area contributed by atoms with Gasteiger partial charge in [0.2, 0.25) is 0 Å². The molecule has 0 saturated heterocycles. The summed E-state index contributed by atoms with van der Waals surface area (Å²) in [6, 6.07) is 1.66. The number of esters is 1. The molecule has 7 heteroatoms. The number of hydrogen-bond acceptors (Lipinski definition) is 7. The van der Waals surface area contributed by atoms with Crippen LogP contribution in [0.3, 0.4) is 0 Å². The third-order valence-corrected chi connectivity index (χ3v) is 2.38. The third-order valence-electron chi connectivity index (χ3n) is 2.38. The van der Waals surface area contributed by atoms with Gasteiger partial charge in [0.15, 0.2) is 0 Å². The van der Waals surface area contributed by atoms with Crippen molar-refractivity contribution in [1.29, 1.82) is 0 Å². The van der Waals surface area contributed by atoms with Gasteiger partial charge >= 0.3 is 5.97 Å². The Morgan fingerprint density at radius 3 is 2.78 bits per heavy atom. The number of carbonyl (C=O) groups is 1. The summed E-state index contributed by atoms with van der Waals surface area (Å²) in [5, 5.41) is 0. The quantitative estimate of drug-likeness (QED) is 0.689. The van der Waals surface area contributed by atoms with Crippen molar-refractivity contribution in [2.75, 3.05) is 44.5 Å². The number of carbonyl (C=O) groups excluding carboxylic acids is 1. The predicted octanol–water partition coefficient (Wildman–Crippen LogP) is 0.0747. The second-order valence-electron chi connectivity index (χ2n) is 3.61. The van der Waals surface area contributed by atoms with E-state index in [2.05, 4.69) is 14.7 Å². The number of ether oxygens (including phenoxy) is 2. The maximum atomic E-state index is 11.2. The summed E-state index contributed by atoms with van der Waals surface area (Å²) in [5.41, 5.74) is 5.61. The maximum absolute atomic E-state index is 11.2. The van der Waals surface area contributed by atoms with Crippen molar-refractivity contribution in [3.63, 3.8) is 0 Å². The minimum Gasteiger partial charge on any atom is -0.469 e. The summed E-state index contributed by atoms with van der Waals surface area (Å²) in [5.74, 6) is 0.795. The second kappa shape index (κ2) is 7.44. The molecule has 0 aliphatic rings. The van der Waals surface area contributed by atoms with Crippen LogP contribution in [0.15, 0.2) is 12.4 Å². The van der Waals surface area contributed by atoms with E-state index in [1.165, 1.54) is 13.4 Å². The lowest BCUT2D eigenvalue weighted by molar-refractivity contribution is -0.140. The molecule has 1 aromatic heterocycles. The van der Waals surface area contributed by atoms with Crippen LogP contribution in [0.4, 0.5) is 11.6 Å². The van der Waals surface area contributed by atoms with Gasteiger partial charge in [-0.25, -0.2) is 9.97 Å². The fourth-order valence-electron chi connectivity index (χ4n) is 1.41. The number of nitrogens with two attached hydrogens (primary N) is 1. The van der Waals surface area contributed by atoms with Crippen LogP contribution in [0.25, 0.3) is 0 Å². The lowest BCUT2D eigenvalue weighted by atomic mass is 10.3. The van der Waals surface area contributed by atoms with E-state index in [1.54, 1.807) is 13.2 Å². The molecule has 7 nitrogen and oxygen atoms in total. The Labute approximate surface area is 106 Å². The van der Waals surface area contributed by atoms with Gasteiger partial charge in [-0.2, -0.15) is 0 Å². The molecule has 0 amide bonds. The van der Waals surface area contributed by atoms with Gasteiger partial charge in [-0.05, 0) is 0 Å². The van der Waals surface area contributed by atoms with Gasteiger partial charge in [-0.3, -0.25) is 4.79 Å². The monoisotopic (exact) mass is 254 g/mol. The highest BCUT2D eigenvalue weighted by Gasteiger charge is 2.11. The van der Waals surface area contributed by atoms with Crippen molar-refractivity contribution >= 4 is 17.6 Å². The second-order valence-corrected chi connectivity index (χ2v) is 3.61. The first kappa shape index (κ1) is 14.2. The Morgan fingerprint density at radius 1 is 1.39 bits per heavy atom. The molecule has 0 aliphatic carbocycles. The van der Waals surface area contributed by atoms with E-state index in [0.717, 1.165) is 0 Å². The third kappa shape index (κ3) is 4.54. The van der Waals surface area contributed by atoms with E-state index in [-0.39, 0.29) is 12.4 Å². The van der Waals surface area contributed by atoms with E-state index in [4.69, 9.17) is 10.5 Å². The highest BCUT2D eigenvalue weighted by atomic mass is 16.5. The van der Waals surface area contributed by atoms with E-state index >= 15 is 0 Å². The van der Waals surface area contributed by atoms with Gasteiger partial charge in [-0.15, -0.1) is 0 Å². The first-order valence-electron chi connectivity index (χ1n) is 5.55. The summed E-state index contributed by atoms with van der Waals surface area (Å²) in [4.78, 5) is 21.0. The molecule has 18 heavy (non-hydrogen) atoms. The van der Waals surface area contributed by atoms with Gasteiger partial charge < -0.3 is 20.1 Å². The zero-order chi connectivity index (χ0) is 13.4. The molecule has 1 rings (SSSR count). The van der Waals surface area contributed by atoms with E-state index in [1.807, 2.05) is 4.90 Å². The highest BCUT2D eigenvalue weighted by molar-refractivity contribution is 5.70. The Balaban J connectivity index is 2.68. The molecule has 0 bridgehead atoms. The van der Waals surface area contributed by atoms with Crippen LogP contribution in [0.1, 0.15) is 6.42 Å². The molecule has 1 aromatic rings. The summed E-state index contributed by atoms with van der Waals surface area (Å²) in [7, 11) is 2.98. The molecule has 0 atom stereocenters. The number of nitrogens with zero attached hydrogens (tertiary/aromatic N) is 3. The topological polar surface area (TPSA) is 90.6 Å². The average molecular weight is 254 g/mol. The summed E-state index contributed by atoms with van der Waals surface area (Å²) >= 11 is 0. The minimum atomic E-state index is -0.264. The summed E-state index contributed by atoms with van der Waals surface area (Å²) in [6.07, 6.45) is 1.67. The van der Waals surface area contributed by atoms with Crippen LogP contribution in [0.2, 0.25) is 0 Å². The molecule has 0 radical (unpaired) electrons.